The van der Waals surface area contributed by atoms with E-state index in [1.807, 2.05) is 56.0 Å². The number of hydrogen-bond donors (Lipinski definition) is 4. The van der Waals surface area contributed by atoms with Gasteiger partial charge in [0.25, 0.3) is 0 Å². The first-order chi connectivity index (χ1) is 15.2. The number of aliphatic hydroxyl groups excluding tert-OH is 2. The van der Waals surface area contributed by atoms with Crippen LogP contribution in [0.25, 0.3) is 0 Å². The van der Waals surface area contributed by atoms with Crippen LogP contribution in [0.2, 0.25) is 0 Å². The van der Waals surface area contributed by atoms with Crippen molar-refractivity contribution in [3.05, 3.63) is 35.9 Å². The molecule has 1 saturated heterocycles. The van der Waals surface area contributed by atoms with Gasteiger partial charge < -0.3 is 25.6 Å². The van der Waals surface area contributed by atoms with Crippen LogP contribution in [0.5, 0.6) is 0 Å². The van der Waals surface area contributed by atoms with Gasteiger partial charge in [0.2, 0.25) is 5.91 Å². The fourth-order valence-corrected chi connectivity index (χ4v) is 3.92. The van der Waals surface area contributed by atoms with Gasteiger partial charge in [-0.2, -0.15) is 0 Å². The van der Waals surface area contributed by atoms with Crippen molar-refractivity contribution in [3.8, 4) is 0 Å². The van der Waals surface area contributed by atoms with Crippen LogP contribution in [-0.2, 0) is 16.0 Å². The van der Waals surface area contributed by atoms with Crippen molar-refractivity contribution in [1.82, 2.24) is 15.5 Å². The summed E-state index contributed by atoms with van der Waals surface area (Å²) in [4.78, 5) is 27.3. The maximum Gasteiger partial charge on any atom is 0.407 e. The number of hydrogen-bond acceptors (Lipinski definition) is 6. The minimum Gasteiger partial charge on any atom is -0.444 e. The molecule has 0 spiro atoms. The first-order valence-corrected chi connectivity index (χ1v) is 11.7. The van der Waals surface area contributed by atoms with Crippen molar-refractivity contribution in [2.45, 2.75) is 96.2 Å². The predicted octanol–water partition coefficient (Wildman–Crippen LogP) is 2.22. The van der Waals surface area contributed by atoms with Crippen LogP contribution in [0.4, 0.5) is 4.79 Å². The number of aliphatic hydroxyl groups is 2. The molecule has 0 radical (unpaired) electrons. The molecule has 4 atom stereocenters. The summed E-state index contributed by atoms with van der Waals surface area (Å²) in [5.41, 5.74) is -0.0997. The molecule has 2 amide bonds. The summed E-state index contributed by atoms with van der Waals surface area (Å²) >= 11 is 0. The molecule has 0 aliphatic carbocycles. The molecule has 33 heavy (non-hydrogen) atoms. The minimum absolute atomic E-state index is 0.173. The lowest BCUT2D eigenvalue weighted by atomic mass is 9.95. The van der Waals surface area contributed by atoms with Crippen molar-refractivity contribution in [3.63, 3.8) is 0 Å². The number of alkyl carbamates (subject to hydrolysis) is 1. The maximum absolute atomic E-state index is 12.9. The normalized spacial score (nSPS) is 21.7. The van der Waals surface area contributed by atoms with E-state index in [1.54, 1.807) is 20.8 Å². The first kappa shape index (κ1) is 27.1. The van der Waals surface area contributed by atoms with Crippen molar-refractivity contribution in [1.29, 1.82) is 0 Å². The van der Waals surface area contributed by atoms with Crippen LogP contribution >= 0.6 is 0 Å². The number of carbonyl (C=O) groups excluding carboxylic acids is 2. The molecule has 1 aliphatic rings. The van der Waals surface area contributed by atoms with E-state index in [9.17, 15) is 19.8 Å². The van der Waals surface area contributed by atoms with Crippen LogP contribution < -0.4 is 10.6 Å². The van der Waals surface area contributed by atoms with E-state index in [4.69, 9.17) is 4.74 Å². The minimum atomic E-state index is -0.946. The number of piperidine rings is 1. The van der Waals surface area contributed by atoms with E-state index in [0.717, 1.165) is 5.56 Å². The van der Waals surface area contributed by atoms with E-state index < -0.39 is 41.5 Å². The van der Waals surface area contributed by atoms with Gasteiger partial charge in [-0.25, -0.2) is 4.79 Å². The fraction of sp³-hybridized carbons (Fsp3) is 0.680. The zero-order valence-corrected chi connectivity index (χ0v) is 20.8. The third kappa shape index (κ3) is 9.70. The van der Waals surface area contributed by atoms with Gasteiger partial charge in [0.1, 0.15) is 5.60 Å². The van der Waals surface area contributed by atoms with E-state index >= 15 is 0 Å². The highest BCUT2D eigenvalue weighted by atomic mass is 16.6. The molecule has 1 aromatic rings. The standard InChI is InChI=1S/C25H41N3O5/c1-24(2,3)27-22(31)20-15-18(29)12-13-28(20)16-21(30)19(14-17-10-8-7-9-11-17)26-23(32)33-25(4,5)6/h7-11,18-21,29-30H,12-16H2,1-6H3,(H,26,32)(H,27,31)/t18-,19+,20+,21-/m1/s1. The average molecular weight is 464 g/mol. The third-order valence-electron chi connectivity index (χ3n) is 5.37. The smallest absolute Gasteiger partial charge is 0.407 e. The summed E-state index contributed by atoms with van der Waals surface area (Å²) in [6, 6.07) is 8.44. The lowest BCUT2D eigenvalue weighted by Gasteiger charge is -2.40. The maximum atomic E-state index is 12.9. The molecule has 0 aromatic heterocycles. The molecular formula is C25H41N3O5. The monoisotopic (exact) mass is 463 g/mol. The molecule has 0 bridgehead atoms. The highest BCUT2D eigenvalue weighted by Gasteiger charge is 2.36. The molecule has 8 heteroatoms. The Labute approximate surface area is 197 Å². The first-order valence-electron chi connectivity index (χ1n) is 11.7. The molecule has 8 nitrogen and oxygen atoms in total. The van der Waals surface area contributed by atoms with Crippen molar-refractivity contribution < 1.29 is 24.5 Å². The Kier molecular flexibility index (Phi) is 9.29. The molecule has 2 rings (SSSR count). The molecular weight excluding hydrogens is 422 g/mol. The Morgan fingerprint density at radius 2 is 1.79 bits per heavy atom. The van der Waals surface area contributed by atoms with Crippen LogP contribution in [0, 0.1) is 0 Å². The van der Waals surface area contributed by atoms with Gasteiger partial charge in [-0.3, -0.25) is 9.69 Å². The molecule has 1 aromatic carbocycles. The molecule has 1 heterocycles. The number of β-amino-alcohol motifs (C(OH)–C–C–N with tert-alkyl or cyclic N) is 1. The lowest BCUT2D eigenvalue weighted by Crippen LogP contribution is -2.59. The highest BCUT2D eigenvalue weighted by molar-refractivity contribution is 5.82. The quantitative estimate of drug-likeness (QED) is 0.494. The molecule has 0 saturated carbocycles. The number of nitrogens with one attached hydrogen (secondary N) is 2. The number of benzene rings is 1. The van der Waals surface area contributed by atoms with E-state index in [1.165, 1.54) is 0 Å². The Hall–Kier alpha value is -2.16. The number of carbonyl (C=O) groups is 2. The lowest BCUT2D eigenvalue weighted by molar-refractivity contribution is -0.132. The van der Waals surface area contributed by atoms with E-state index in [-0.39, 0.29) is 12.5 Å². The van der Waals surface area contributed by atoms with Crippen LogP contribution in [-0.4, -0.2) is 75.6 Å². The number of ether oxygens (including phenoxy) is 1. The van der Waals surface area contributed by atoms with Gasteiger partial charge >= 0.3 is 6.09 Å². The summed E-state index contributed by atoms with van der Waals surface area (Å²) in [6.07, 6.45) is -0.867. The van der Waals surface area contributed by atoms with E-state index in [0.29, 0.717) is 25.8 Å². The Morgan fingerprint density at radius 3 is 2.36 bits per heavy atom. The zero-order chi connectivity index (χ0) is 24.8. The van der Waals surface area contributed by atoms with Crippen LogP contribution in [0.1, 0.15) is 59.9 Å². The summed E-state index contributed by atoms with van der Waals surface area (Å²) in [5, 5.41) is 27.1. The Morgan fingerprint density at radius 1 is 1.15 bits per heavy atom. The Bertz CT molecular complexity index is 772. The van der Waals surface area contributed by atoms with Crippen molar-refractivity contribution in [2.75, 3.05) is 13.1 Å². The molecule has 0 unspecified atom stereocenters. The molecule has 4 N–H and O–H groups in total. The number of amides is 2. The zero-order valence-electron chi connectivity index (χ0n) is 20.8. The topological polar surface area (TPSA) is 111 Å². The van der Waals surface area contributed by atoms with Crippen LogP contribution in [0.15, 0.2) is 30.3 Å². The fourth-order valence-electron chi connectivity index (χ4n) is 3.92. The Balaban J connectivity index is 2.16. The molecule has 1 aliphatic heterocycles. The number of nitrogens with zero attached hydrogens (tertiary/aromatic N) is 1. The summed E-state index contributed by atoms with van der Waals surface area (Å²) in [6.45, 7) is 11.7. The van der Waals surface area contributed by atoms with Gasteiger partial charge in [-0.05, 0) is 66.4 Å². The molecule has 1 fully saturated rings. The number of likely N-dealkylation sites (tertiary alicyclic amines) is 1. The predicted molar refractivity (Wildman–Crippen MR) is 128 cm³/mol. The van der Waals surface area contributed by atoms with Crippen LogP contribution in [0.3, 0.4) is 0 Å². The van der Waals surface area contributed by atoms with Gasteiger partial charge in [0.05, 0.1) is 24.3 Å². The highest BCUT2D eigenvalue weighted by Crippen LogP contribution is 2.20. The summed E-state index contributed by atoms with van der Waals surface area (Å²) in [7, 11) is 0. The van der Waals surface area contributed by atoms with Gasteiger partial charge in [0, 0.05) is 18.6 Å². The van der Waals surface area contributed by atoms with Crippen molar-refractivity contribution >= 4 is 12.0 Å². The second-order valence-electron chi connectivity index (χ2n) is 10.9. The largest absolute Gasteiger partial charge is 0.444 e. The average Bonchev–Trinajstić information content (AvgIpc) is 2.66. The molecule has 186 valence electrons. The van der Waals surface area contributed by atoms with Gasteiger partial charge in [0.15, 0.2) is 0 Å². The van der Waals surface area contributed by atoms with Crippen molar-refractivity contribution in [2.24, 2.45) is 0 Å². The van der Waals surface area contributed by atoms with Gasteiger partial charge in [-0.1, -0.05) is 30.3 Å². The summed E-state index contributed by atoms with van der Waals surface area (Å²) < 4.78 is 5.40. The second-order valence-corrected chi connectivity index (χ2v) is 10.9. The van der Waals surface area contributed by atoms with E-state index in [2.05, 4.69) is 10.6 Å². The van der Waals surface area contributed by atoms with Gasteiger partial charge in [-0.15, -0.1) is 0 Å². The SMILES string of the molecule is CC(C)(C)NC(=O)[C@@H]1C[C@H](O)CCN1C[C@@H](O)[C@H](Cc1ccccc1)NC(=O)OC(C)(C)C. The third-order valence-corrected chi connectivity index (χ3v) is 5.37. The number of rotatable bonds is 7. The summed E-state index contributed by atoms with van der Waals surface area (Å²) in [5.74, 6) is -0.173. The second kappa shape index (κ2) is 11.3.